The van der Waals surface area contributed by atoms with Crippen LogP contribution in [0.5, 0.6) is 0 Å². The van der Waals surface area contributed by atoms with Gasteiger partial charge in [0, 0.05) is 6.54 Å². The van der Waals surface area contributed by atoms with Crippen LogP contribution in [0.4, 0.5) is 0 Å². The van der Waals surface area contributed by atoms with Crippen LogP contribution in [0.15, 0.2) is 11.1 Å². The van der Waals surface area contributed by atoms with Crippen LogP contribution < -0.4 is 5.56 Å². The molecule has 5 heteroatoms. The van der Waals surface area contributed by atoms with Crippen molar-refractivity contribution < 1.29 is 9.90 Å². The van der Waals surface area contributed by atoms with Gasteiger partial charge in [0.2, 0.25) is 0 Å². The smallest absolute Gasteiger partial charge is 0.343 e. The van der Waals surface area contributed by atoms with Crippen LogP contribution in [0.3, 0.4) is 0 Å². The van der Waals surface area contributed by atoms with Crippen molar-refractivity contribution in [1.82, 2.24) is 9.55 Å². The van der Waals surface area contributed by atoms with Crippen LogP contribution >= 0.6 is 0 Å². The average molecular weight is 210 g/mol. The molecule has 0 aromatic carbocycles. The molecule has 0 spiro atoms. The van der Waals surface area contributed by atoms with Gasteiger partial charge in [0.1, 0.15) is 5.56 Å². The van der Waals surface area contributed by atoms with Crippen LogP contribution in [0.2, 0.25) is 0 Å². The number of hydrogen-bond donors (Lipinski definition) is 1. The molecule has 1 aromatic rings. The summed E-state index contributed by atoms with van der Waals surface area (Å²) in [5, 5.41) is 8.92. The number of aryl methyl sites for hydroxylation is 2. The first-order valence-corrected chi connectivity index (χ1v) is 4.93. The third-order valence-electron chi connectivity index (χ3n) is 2.13. The van der Waals surface area contributed by atoms with Crippen LogP contribution in [0.25, 0.3) is 0 Å². The van der Waals surface area contributed by atoms with Gasteiger partial charge >= 0.3 is 5.97 Å². The molecule has 1 rings (SSSR count). The lowest BCUT2D eigenvalue weighted by Crippen LogP contribution is -2.29. The van der Waals surface area contributed by atoms with Crippen molar-refractivity contribution >= 4 is 5.97 Å². The second-order valence-corrected chi connectivity index (χ2v) is 3.22. The van der Waals surface area contributed by atoms with Gasteiger partial charge in [0.25, 0.3) is 5.56 Å². The molecule has 15 heavy (non-hydrogen) atoms. The predicted molar refractivity (Wildman–Crippen MR) is 55.1 cm³/mol. The number of nitrogens with zero attached hydrogens (tertiary/aromatic N) is 2. The zero-order chi connectivity index (χ0) is 11.4. The minimum Gasteiger partial charge on any atom is -0.477 e. The van der Waals surface area contributed by atoms with E-state index in [4.69, 9.17) is 5.11 Å². The fourth-order valence-corrected chi connectivity index (χ4v) is 1.41. The molecule has 0 unspecified atom stereocenters. The maximum absolute atomic E-state index is 11.7. The molecular formula is C10H14N2O3. The molecule has 1 aromatic heterocycles. The number of carboxylic acids is 1. The fraction of sp³-hybridized carbons (Fsp3) is 0.500. The van der Waals surface area contributed by atoms with Crippen molar-refractivity contribution in [3.8, 4) is 0 Å². The minimum atomic E-state index is -1.20. The Morgan fingerprint density at radius 2 is 2.20 bits per heavy atom. The van der Waals surface area contributed by atoms with Gasteiger partial charge in [-0.25, -0.2) is 9.78 Å². The molecule has 0 amide bonds. The van der Waals surface area contributed by atoms with E-state index in [9.17, 15) is 9.59 Å². The van der Waals surface area contributed by atoms with E-state index < -0.39 is 11.5 Å². The summed E-state index contributed by atoms with van der Waals surface area (Å²) in [6.45, 7) is 4.19. The van der Waals surface area contributed by atoms with Crippen LogP contribution in [0, 0.1) is 0 Å². The third-order valence-corrected chi connectivity index (χ3v) is 2.13. The van der Waals surface area contributed by atoms with Gasteiger partial charge in [-0.05, 0) is 12.8 Å². The summed E-state index contributed by atoms with van der Waals surface area (Å²) < 4.78 is 1.34. The van der Waals surface area contributed by atoms with Gasteiger partial charge in [-0.15, -0.1) is 0 Å². The first-order chi connectivity index (χ1) is 7.11. The molecule has 0 aliphatic heterocycles. The SMILES string of the molecule is CCCn1cnc(CC)c(C(=O)O)c1=O. The molecule has 0 aliphatic carbocycles. The Hall–Kier alpha value is -1.65. The zero-order valence-corrected chi connectivity index (χ0v) is 8.86. The number of aromatic carboxylic acids is 1. The van der Waals surface area contributed by atoms with Crippen molar-refractivity contribution in [2.75, 3.05) is 0 Å². The van der Waals surface area contributed by atoms with Crippen molar-refractivity contribution in [3.63, 3.8) is 0 Å². The van der Waals surface area contributed by atoms with Gasteiger partial charge in [-0.2, -0.15) is 0 Å². The van der Waals surface area contributed by atoms with Crippen molar-refractivity contribution in [2.45, 2.75) is 33.2 Å². The van der Waals surface area contributed by atoms with Gasteiger partial charge < -0.3 is 5.11 Å². The first kappa shape index (κ1) is 11.4. The van der Waals surface area contributed by atoms with Crippen LogP contribution in [0.1, 0.15) is 36.3 Å². The Kier molecular flexibility index (Phi) is 3.60. The largest absolute Gasteiger partial charge is 0.477 e. The molecule has 1 N–H and O–H groups in total. The van der Waals surface area contributed by atoms with Gasteiger partial charge in [-0.3, -0.25) is 9.36 Å². The van der Waals surface area contributed by atoms with Crippen molar-refractivity contribution in [3.05, 3.63) is 27.9 Å². The molecule has 0 atom stereocenters. The lowest BCUT2D eigenvalue weighted by molar-refractivity contribution is 0.0692. The summed E-state index contributed by atoms with van der Waals surface area (Å²) in [6, 6.07) is 0. The van der Waals surface area contributed by atoms with E-state index in [0.717, 1.165) is 6.42 Å². The van der Waals surface area contributed by atoms with Gasteiger partial charge in [0.15, 0.2) is 0 Å². The van der Waals surface area contributed by atoms with E-state index in [-0.39, 0.29) is 5.56 Å². The van der Waals surface area contributed by atoms with Crippen molar-refractivity contribution in [2.24, 2.45) is 0 Å². The minimum absolute atomic E-state index is 0.201. The van der Waals surface area contributed by atoms with Gasteiger partial charge in [0.05, 0.1) is 12.0 Å². The van der Waals surface area contributed by atoms with E-state index in [2.05, 4.69) is 4.98 Å². The summed E-state index contributed by atoms with van der Waals surface area (Å²) in [7, 11) is 0. The van der Waals surface area contributed by atoms with Gasteiger partial charge in [-0.1, -0.05) is 13.8 Å². The number of carboxylic acid groups (broad SMARTS) is 1. The lowest BCUT2D eigenvalue weighted by Gasteiger charge is -2.06. The lowest BCUT2D eigenvalue weighted by atomic mass is 10.2. The first-order valence-electron chi connectivity index (χ1n) is 4.93. The Balaban J connectivity index is 3.36. The second kappa shape index (κ2) is 4.72. The Morgan fingerprint density at radius 1 is 1.53 bits per heavy atom. The highest BCUT2D eigenvalue weighted by molar-refractivity contribution is 5.88. The second-order valence-electron chi connectivity index (χ2n) is 3.22. The molecule has 0 saturated carbocycles. The number of hydrogen-bond acceptors (Lipinski definition) is 3. The van der Waals surface area contributed by atoms with E-state index in [0.29, 0.717) is 18.7 Å². The van der Waals surface area contributed by atoms with Crippen LogP contribution in [-0.2, 0) is 13.0 Å². The third kappa shape index (κ3) is 2.23. The maximum atomic E-state index is 11.7. The summed E-state index contributed by atoms with van der Waals surface area (Å²) in [5.41, 5.74) is -0.315. The molecule has 0 radical (unpaired) electrons. The van der Waals surface area contributed by atoms with E-state index in [1.807, 2.05) is 6.92 Å². The quantitative estimate of drug-likeness (QED) is 0.801. The standard InChI is InChI=1S/C10H14N2O3/c1-3-5-12-6-11-7(4-2)8(9(12)13)10(14)15/h6H,3-5H2,1-2H3,(H,14,15). The normalized spacial score (nSPS) is 10.3. The van der Waals surface area contributed by atoms with Crippen LogP contribution in [-0.4, -0.2) is 20.6 Å². The Morgan fingerprint density at radius 3 is 2.67 bits per heavy atom. The van der Waals surface area contributed by atoms with E-state index in [1.54, 1.807) is 6.92 Å². The summed E-state index contributed by atoms with van der Waals surface area (Å²) in [4.78, 5) is 26.6. The number of rotatable bonds is 4. The Bertz CT molecular complexity index is 423. The molecule has 0 aliphatic rings. The molecule has 1 heterocycles. The summed E-state index contributed by atoms with van der Waals surface area (Å²) in [6.07, 6.45) is 2.63. The number of aromatic nitrogens is 2. The van der Waals surface area contributed by atoms with E-state index in [1.165, 1.54) is 10.9 Å². The predicted octanol–water partition coefficient (Wildman–Crippen LogP) is 0.914. The average Bonchev–Trinajstić information content (AvgIpc) is 2.20. The molecule has 5 nitrogen and oxygen atoms in total. The fourth-order valence-electron chi connectivity index (χ4n) is 1.41. The zero-order valence-electron chi connectivity index (χ0n) is 8.86. The molecule has 82 valence electrons. The molecular weight excluding hydrogens is 196 g/mol. The highest BCUT2D eigenvalue weighted by atomic mass is 16.4. The summed E-state index contributed by atoms with van der Waals surface area (Å²) in [5.74, 6) is -1.20. The van der Waals surface area contributed by atoms with E-state index >= 15 is 0 Å². The highest BCUT2D eigenvalue weighted by Crippen LogP contribution is 2.01. The maximum Gasteiger partial charge on any atom is 0.343 e. The highest BCUT2D eigenvalue weighted by Gasteiger charge is 2.16. The molecule has 0 bridgehead atoms. The molecule has 0 saturated heterocycles. The number of carbonyl (C=O) groups is 1. The molecule has 0 fully saturated rings. The van der Waals surface area contributed by atoms with Crippen molar-refractivity contribution in [1.29, 1.82) is 0 Å². The Labute approximate surface area is 87.4 Å². The monoisotopic (exact) mass is 210 g/mol. The topological polar surface area (TPSA) is 72.2 Å². The summed E-state index contributed by atoms with van der Waals surface area (Å²) >= 11 is 0.